The Morgan fingerprint density at radius 1 is 0.903 bits per heavy atom. The lowest BCUT2D eigenvalue weighted by Gasteiger charge is -2.08. The molecule has 2 N–H and O–H groups in total. The molecule has 0 spiro atoms. The summed E-state index contributed by atoms with van der Waals surface area (Å²) < 4.78 is 0. The first-order valence-corrected chi connectivity index (χ1v) is 10.4. The third kappa shape index (κ3) is 5.77. The first-order valence-electron chi connectivity index (χ1n) is 10.4. The van der Waals surface area contributed by atoms with E-state index in [1.54, 1.807) is 0 Å². The second-order valence-electron chi connectivity index (χ2n) is 7.64. The first-order chi connectivity index (χ1) is 15.2. The molecule has 0 aliphatic carbocycles. The van der Waals surface area contributed by atoms with Crippen molar-refractivity contribution in [2.45, 2.75) is 32.5 Å². The zero-order chi connectivity index (χ0) is 21.5. The van der Waals surface area contributed by atoms with Crippen LogP contribution in [0.15, 0.2) is 78.2 Å². The number of oxime groups is 1. The monoisotopic (exact) mass is 414 g/mol. The van der Waals surface area contributed by atoms with Crippen LogP contribution in [0.2, 0.25) is 0 Å². The number of carbonyl (C=O) groups excluding carboxylic acids is 1. The lowest BCUT2D eigenvalue weighted by Crippen LogP contribution is -2.30. The number of hydrogen-bond acceptors (Lipinski definition) is 5. The first kappa shape index (κ1) is 20.8. The highest BCUT2D eigenvalue weighted by atomic mass is 16.6. The highest BCUT2D eigenvalue weighted by molar-refractivity contribution is 6.01. The summed E-state index contributed by atoms with van der Waals surface area (Å²) >= 11 is 0. The molecule has 0 saturated heterocycles. The van der Waals surface area contributed by atoms with Gasteiger partial charge in [0.25, 0.3) is 0 Å². The van der Waals surface area contributed by atoms with E-state index in [0.29, 0.717) is 13.0 Å². The molecular formula is C25H26N4O2. The van der Waals surface area contributed by atoms with E-state index in [1.165, 1.54) is 23.6 Å². The average Bonchev–Trinajstić information content (AvgIpc) is 3.28. The molecule has 1 atom stereocenters. The van der Waals surface area contributed by atoms with Gasteiger partial charge in [0, 0.05) is 38.8 Å². The van der Waals surface area contributed by atoms with Gasteiger partial charge in [0.15, 0.2) is 0 Å². The molecular weight excluding hydrogens is 388 g/mol. The molecule has 31 heavy (non-hydrogen) atoms. The number of rotatable bonds is 8. The van der Waals surface area contributed by atoms with Gasteiger partial charge in [0.1, 0.15) is 6.10 Å². The van der Waals surface area contributed by atoms with Gasteiger partial charge in [0.05, 0.1) is 12.3 Å². The van der Waals surface area contributed by atoms with Crippen molar-refractivity contribution in [3.05, 3.63) is 89.7 Å². The molecule has 1 aliphatic rings. The number of pyridine rings is 1. The zero-order valence-corrected chi connectivity index (χ0v) is 17.5. The minimum absolute atomic E-state index is 0.0584. The molecule has 0 saturated carbocycles. The number of carbonyl (C=O) groups is 1. The van der Waals surface area contributed by atoms with Crippen LogP contribution in [0.1, 0.15) is 30.0 Å². The van der Waals surface area contributed by atoms with E-state index in [4.69, 9.17) is 4.84 Å². The molecule has 6 heteroatoms. The van der Waals surface area contributed by atoms with Crippen LogP contribution in [0.5, 0.6) is 0 Å². The second-order valence-corrected chi connectivity index (χ2v) is 7.64. The molecule has 0 radical (unpaired) electrons. The summed E-state index contributed by atoms with van der Waals surface area (Å²) in [4.78, 5) is 20.5. The SMILES string of the molecule is CC(=O)NC[C@H]1CC(c2ccc(-c3ccc(CNCc4ccncc4)cc3)cc2)=NO1. The van der Waals surface area contributed by atoms with Crippen molar-refractivity contribution in [3.8, 4) is 11.1 Å². The highest BCUT2D eigenvalue weighted by Crippen LogP contribution is 2.23. The summed E-state index contributed by atoms with van der Waals surface area (Å²) in [6.45, 7) is 3.62. The van der Waals surface area contributed by atoms with Crippen LogP contribution < -0.4 is 10.6 Å². The molecule has 4 rings (SSSR count). The number of nitrogens with zero attached hydrogens (tertiary/aromatic N) is 2. The van der Waals surface area contributed by atoms with E-state index < -0.39 is 0 Å². The van der Waals surface area contributed by atoms with Gasteiger partial charge in [-0.3, -0.25) is 9.78 Å². The van der Waals surface area contributed by atoms with Crippen molar-refractivity contribution >= 4 is 11.6 Å². The van der Waals surface area contributed by atoms with Gasteiger partial charge in [-0.2, -0.15) is 0 Å². The number of aromatic nitrogens is 1. The van der Waals surface area contributed by atoms with Gasteiger partial charge in [-0.05, 0) is 39.9 Å². The molecule has 1 amide bonds. The quantitative estimate of drug-likeness (QED) is 0.590. The highest BCUT2D eigenvalue weighted by Gasteiger charge is 2.22. The summed E-state index contributed by atoms with van der Waals surface area (Å²) in [5.74, 6) is -0.0584. The lowest BCUT2D eigenvalue weighted by molar-refractivity contribution is -0.119. The molecule has 3 aromatic rings. The Morgan fingerprint density at radius 2 is 1.48 bits per heavy atom. The van der Waals surface area contributed by atoms with E-state index in [2.05, 4.69) is 69.3 Å². The fourth-order valence-electron chi connectivity index (χ4n) is 3.49. The minimum Gasteiger partial charge on any atom is -0.390 e. The minimum atomic E-state index is -0.0988. The Bertz CT molecular complexity index is 1030. The summed E-state index contributed by atoms with van der Waals surface area (Å²) in [6.07, 6.45) is 4.22. The number of nitrogens with one attached hydrogen (secondary N) is 2. The number of amides is 1. The third-order valence-corrected chi connectivity index (χ3v) is 5.22. The predicted octanol–water partition coefficient (Wildman–Crippen LogP) is 3.67. The third-order valence-electron chi connectivity index (χ3n) is 5.22. The van der Waals surface area contributed by atoms with Crippen molar-refractivity contribution in [2.24, 2.45) is 5.16 Å². The van der Waals surface area contributed by atoms with Crippen molar-refractivity contribution in [3.63, 3.8) is 0 Å². The van der Waals surface area contributed by atoms with Crippen LogP contribution in [-0.2, 0) is 22.7 Å². The normalized spacial score (nSPS) is 15.3. The van der Waals surface area contributed by atoms with Crippen molar-refractivity contribution in [1.29, 1.82) is 0 Å². The number of hydrogen-bond donors (Lipinski definition) is 2. The smallest absolute Gasteiger partial charge is 0.217 e. The van der Waals surface area contributed by atoms with Gasteiger partial charge < -0.3 is 15.5 Å². The molecule has 2 aromatic carbocycles. The van der Waals surface area contributed by atoms with Crippen LogP contribution in [0, 0.1) is 0 Å². The van der Waals surface area contributed by atoms with Crippen molar-refractivity contribution in [1.82, 2.24) is 15.6 Å². The van der Waals surface area contributed by atoms with Crippen LogP contribution in [-0.4, -0.2) is 29.3 Å². The maximum Gasteiger partial charge on any atom is 0.217 e. The van der Waals surface area contributed by atoms with E-state index in [-0.39, 0.29) is 12.0 Å². The summed E-state index contributed by atoms with van der Waals surface area (Å²) in [5.41, 5.74) is 6.78. The Hall–Kier alpha value is -3.51. The summed E-state index contributed by atoms with van der Waals surface area (Å²) in [6, 6.07) is 21.0. The Kier molecular flexibility index (Phi) is 6.69. The van der Waals surface area contributed by atoms with Gasteiger partial charge in [0.2, 0.25) is 5.91 Å². The summed E-state index contributed by atoms with van der Waals surface area (Å²) in [7, 11) is 0. The van der Waals surface area contributed by atoms with Crippen molar-refractivity contribution < 1.29 is 9.63 Å². The largest absolute Gasteiger partial charge is 0.390 e. The van der Waals surface area contributed by atoms with E-state index in [0.717, 1.165) is 29.9 Å². The maximum atomic E-state index is 11.0. The average molecular weight is 415 g/mol. The fourth-order valence-corrected chi connectivity index (χ4v) is 3.49. The zero-order valence-electron chi connectivity index (χ0n) is 17.5. The molecule has 1 aliphatic heterocycles. The van der Waals surface area contributed by atoms with Crippen LogP contribution in [0.4, 0.5) is 0 Å². The molecule has 2 heterocycles. The Morgan fingerprint density at radius 3 is 2.13 bits per heavy atom. The molecule has 1 aromatic heterocycles. The van der Waals surface area contributed by atoms with Crippen LogP contribution in [0.25, 0.3) is 11.1 Å². The van der Waals surface area contributed by atoms with E-state index >= 15 is 0 Å². The standard InChI is InChI=1S/C25H26N4O2/c1-18(30)28-17-24-14-25(29-31-24)23-8-6-22(7-9-23)21-4-2-19(3-5-21)15-27-16-20-10-12-26-13-11-20/h2-13,24,27H,14-17H2,1H3,(H,28,30)/t24-/m1/s1. The van der Waals surface area contributed by atoms with Gasteiger partial charge in [-0.25, -0.2) is 0 Å². The number of benzene rings is 2. The van der Waals surface area contributed by atoms with Crippen LogP contribution in [0.3, 0.4) is 0 Å². The van der Waals surface area contributed by atoms with Gasteiger partial charge >= 0.3 is 0 Å². The van der Waals surface area contributed by atoms with Crippen molar-refractivity contribution in [2.75, 3.05) is 6.54 Å². The Balaban J connectivity index is 1.30. The van der Waals surface area contributed by atoms with Gasteiger partial charge in [-0.1, -0.05) is 53.7 Å². The predicted molar refractivity (Wildman–Crippen MR) is 121 cm³/mol. The maximum absolute atomic E-state index is 11.0. The fraction of sp³-hybridized carbons (Fsp3) is 0.240. The second kappa shape index (κ2) is 10.00. The van der Waals surface area contributed by atoms with E-state index in [1.807, 2.05) is 24.5 Å². The summed E-state index contributed by atoms with van der Waals surface area (Å²) in [5, 5.41) is 10.4. The Labute approximate surface area is 182 Å². The van der Waals surface area contributed by atoms with E-state index in [9.17, 15) is 4.79 Å². The molecule has 0 unspecified atom stereocenters. The molecule has 0 bridgehead atoms. The van der Waals surface area contributed by atoms with Gasteiger partial charge in [-0.15, -0.1) is 0 Å². The molecule has 158 valence electrons. The topological polar surface area (TPSA) is 75.6 Å². The molecule has 0 fully saturated rings. The molecule has 6 nitrogen and oxygen atoms in total. The van der Waals surface area contributed by atoms with Crippen LogP contribution >= 0.6 is 0 Å². The lowest BCUT2D eigenvalue weighted by atomic mass is 9.99.